The Morgan fingerprint density at radius 3 is 2.85 bits per heavy atom. The molecule has 1 aromatic rings. The van der Waals surface area contributed by atoms with E-state index in [1.165, 1.54) is 0 Å². The predicted octanol–water partition coefficient (Wildman–Crippen LogP) is 2.47. The van der Waals surface area contributed by atoms with Gasteiger partial charge in [-0.05, 0) is 24.6 Å². The molecule has 2 N–H and O–H groups in total. The minimum absolute atomic E-state index is 0.0824. The van der Waals surface area contributed by atoms with Crippen molar-refractivity contribution in [2.24, 2.45) is 5.92 Å². The van der Waals surface area contributed by atoms with Gasteiger partial charge in [-0.1, -0.05) is 31.5 Å². The summed E-state index contributed by atoms with van der Waals surface area (Å²) in [7, 11) is 0. The van der Waals surface area contributed by atoms with E-state index < -0.39 is 0 Å². The van der Waals surface area contributed by atoms with E-state index in [0.717, 1.165) is 18.1 Å². The van der Waals surface area contributed by atoms with Crippen LogP contribution in [0.25, 0.3) is 0 Å². The molecule has 4 nitrogen and oxygen atoms in total. The number of rotatable bonds is 9. The lowest BCUT2D eigenvalue weighted by Gasteiger charge is -2.22. The summed E-state index contributed by atoms with van der Waals surface area (Å²) in [4.78, 5) is 6.55. The Labute approximate surface area is 126 Å². The summed E-state index contributed by atoms with van der Waals surface area (Å²) in [5.74, 6) is 1.40. The lowest BCUT2D eigenvalue weighted by molar-refractivity contribution is 0.302. The van der Waals surface area contributed by atoms with Crippen LogP contribution in [0.15, 0.2) is 24.8 Å². The van der Waals surface area contributed by atoms with Gasteiger partial charge in [0, 0.05) is 19.6 Å². The van der Waals surface area contributed by atoms with Crippen molar-refractivity contribution in [1.29, 1.82) is 0 Å². The second-order valence-corrected chi connectivity index (χ2v) is 5.49. The molecule has 5 heteroatoms. The van der Waals surface area contributed by atoms with E-state index in [2.05, 4.69) is 30.7 Å². The molecule has 0 aromatic carbocycles. The van der Waals surface area contributed by atoms with Crippen LogP contribution < -0.4 is 10.2 Å². The highest BCUT2D eigenvalue weighted by Crippen LogP contribution is 2.19. The molecule has 0 spiro atoms. The number of hydrogen-bond donors (Lipinski definition) is 2. The Morgan fingerprint density at radius 1 is 1.50 bits per heavy atom. The Bertz CT molecular complexity index is 424. The zero-order chi connectivity index (χ0) is 15.0. The normalized spacial score (nSPS) is 10.8. The molecule has 0 unspecified atom stereocenters. The third-order valence-corrected chi connectivity index (χ3v) is 3.14. The average Bonchev–Trinajstić information content (AvgIpc) is 2.40. The second kappa shape index (κ2) is 8.95. The maximum absolute atomic E-state index is 9.11. The number of aromatic nitrogens is 1. The topological polar surface area (TPSA) is 48.4 Å². The number of pyridine rings is 1. The number of anilines is 1. The summed E-state index contributed by atoms with van der Waals surface area (Å²) in [5, 5.41) is 13.1. The van der Waals surface area contributed by atoms with Crippen molar-refractivity contribution in [3.8, 4) is 0 Å². The molecule has 20 heavy (non-hydrogen) atoms. The minimum Gasteiger partial charge on any atom is -0.395 e. The fourth-order valence-corrected chi connectivity index (χ4v) is 2.00. The smallest absolute Gasteiger partial charge is 0.129 e. The van der Waals surface area contributed by atoms with Gasteiger partial charge in [0.1, 0.15) is 5.82 Å². The van der Waals surface area contributed by atoms with Crippen LogP contribution in [0, 0.1) is 5.92 Å². The quantitative estimate of drug-likeness (QED) is 0.688. The van der Waals surface area contributed by atoms with Crippen molar-refractivity contribution in [3.05, 3.63) is 35.5 Å². The van der Waals surface area contributed by atoms with E-state index in [1.807, 2.05) is 17.0 Å². The van der Waals surface area contributed by atoms with Crippen molar-refractivity contribution in [3.63, 3.8) is 0 Å². The lowest BCUT2D eigenvalue weighted by atomic mass is 10.2. The summed E-state index contributed by atoms with van der Waals surface area (Å²) in [6.07, 6.45) is 1.79. The van der Waals surface area contributed by atoms with Crippen molar-refractivity contribution < 1.29 is 5.11 Å². The Kier molecular flexibility index (Phi) is 7.59. The van der Waals surface area contributed by atoms with Crippen LogP contribution in [-0.4, -0.2) is 36.3 Å². The zero-order valence-electron chi connectivity index (χ0n) is 12.3. The van der Waals surface area contributed by atoms with Gasteiger partial charge in [0.25, 0.3) is 0 Å². The number of nitrogens with zero attached hydrogens (tertiary/aromatic N) is 2. The summed E-state index contributed by atoms with van der Waals surface area (Å²) < 4.78 is 0. The fourth-order valence-electron chi connectivity index (χ4n) is 1.83. The first-order chi connectivity index (χ1) is 9.58. The summed E-state index contributed by atoms with van der Waals surface area (Å²) >= 11 is 6.18. The molecule has 0 amide bonds. The van der Waals surface area contributed by atoms with Crippen LogP contribution in [0.5, 0.6) is 0 Å². The van der Waals surface area contributed by atoms with Crippen LogP contribution in [-0.2, 0) is 6.54 Å². The van der Waals surface area contributed by atoms with Crippen molar-refractivity contribution in [2.45, 2.75) is 20.4 Å². The molecule has 0 saturated carbocycles. The molecule has 0 atom stereocenters. The molecular weight excluding hydrogens is 274 g/mol. The molecule has 0 bridgehead atoms. The predicted molar refractivity (Wildman–Crippen MR) is 85.3 cm³/mol. The standard InChI is InChI=1S/C15H24ClN3O/c1-4-7-19(8-9-20)15-6-5-13(16)14(18-15)11-17-10-12(2)3/h4-6,12,17,20H,1,7-11H2,2-3H3. The van der Waals surface area contributed by atoms with E-state index in [4.69, 9.17) is 16.7 Å². The highest BCUT2D eigenvalue weighted by atomic mass is 35.5. The van der Waals surface area contributed by atoms with Gasteiger partial charge in [-0.3, -0.25) is 0 Å². The first kappa shape index (κ1) is 17.0. The van der Waals surface area contributed by atoms with Gasteiger partial charge < -0.3 is 15.3 Å². The molecule has 0 aliphatic rings. The zero-order valence-corrected chi connectivity index (χ0v) is 13.0. The molecule has 1 heterocycles. The summed E-state index contributed by atoms with van der Waals surface area (Å²) in [5.41, 5.74) is 0.830. The van der Waals surface area contributed by atoms with Crippen LogP contribution in [0.2, 0.25) is 5.02 Å². The first-order valence-corrected chi connectivity index (χ1v) is 7.29. The SMILES string of the molecule is C=CCN(CCO)c1ccc(Cl)c(CNCC(C)C)n1. The number of aliphatic hydroxyl groups is 1. The monoisotopic (exact) mass is 297 g/mol. The van der Waals surface area contributed by atoms with E-state index >= 15 is 0 Å². The highest BCUT2D eigenvalue weighted by molar-refractivity contribution is 6.31. The molecule has 1 aromatic heterocycles. The summed E-state index contributed by atoms with van der Waals surface area (Å²) in [6.45, 7) is 10.9. The van der Waals surface area contributed by atoms with Gasteiger partial charge in [0.15, 0.2) is 0 Å². The van der Waals surface area contributed by atoms with Gasteiger partial charge in [0.2, 0.25) is 0 Å². The Morgan fingerprint density at radius 2 is 2.25 bits per heavy atom. The molecule has 0 fully saturated rings. The van der Waals surface area contributed by atoms with Crippen molar-refractivity contribution >= 4 is 17.4 Å². The van der Waals surface area contributed by atoms with Gasteiger partial charge in [0.05, 0.1) is 17.3 Å². The maximum atomic E-state index is 9.11. The Balaban J connectivity index is 2.80. The van der Waals surface area contributed by atoms with Crippen LogP contribution in [0.3, 0.4) is 0 Å². The molecule has 0 aliphatic heterocycles. The molecule has 0 radical (unpaired) electrons. The molecule has 0 aliphatic carbocycles. The maximum Gasteiger partial charge on any atom is 0.129 e. The fraction of sp³-hybridized carbons (Fsp3) is 0.533. The number of hydrogen-bond acceptors (Lipinski definition) is 4. The lowest BCUT2D eigenvalue weighted by Crippen LogP contribution is -2.28. The second-order valence-electron chi connectivity index (χ2n) is 5.08. The van der Waals surface area contributed by atoms with Crippen molar-refractivity contribution in [2.75, 3.05) is 31.1 Å². The van der Waals surface area contributed by atoms with Gasteiger partial charge in [-0.25, -0.2) is 4.98 Å². The van der Waals surface area contributed by atoms with Crippen LogP contribution >= 0.6 is 11.6 Å². The third kappa shape index (κ3) is 5.49. The molecule has 112 valence electrons. The van der Waals surface area contributed by atoms with Crippen molar-refractivity contribution in [1.82, 2.24) is 10.3 Å². The third-order valence-electron chi connectivity index (χ3n) is 2.79. The van der Waals surface area contributed by atoms with Crippen LogP contribution in [0.4, 0.5) is 5.82 Å². The van der Waals surface area contributed by atoms with E-state index in [0.29, 0.717) is 30.6 Å². The van der Waals surface area contributed by atoms with E-state index in [-0.39, 0.29) is 6.61 Å². The largest absolute Gasteiger partial charge is 0.395 e. The van der Waals surface area contributed by atoms with E-state index in [9.17, 15) is 0 Å². The number of halogens is 1. The minimum atomic E-state index is 0.0824. The van der Waals surface area contributed by atoms with Gasteiger partial charge >= 0.3 is 0 Å². The van der Waals surface area contributed by atoms with E-state index in [1.54, 1.807) is 6.08 Å². The number of nitrogens with one attached hydrogen (secondary N) is 1. The van der Waals surface area contributed by atoms with Gasteiger partial charge in [-0.2, -0.15) is 0 Å². The van der Waals surface area contributed by atoms with Crippen LogP contribution in [0.1, 0.15) is 19.5 Å². The highest BCUT2D eigenvalue weighted by Gasteiger charge is 2.09. The summed E-state index contributed by atoms with van der Waals surface area (Å²) in [6, 6.07) is 3.72. The molecular formula is C15H24ClN3O. The number of aliphatic hydroxyl groups excluding tert-OH is 1. The first-order valence-electron chi connectivity index (χ1n) is 6.91. The molecule has 0 saturated heterocycles. The average molecular weight is 298 g/mol. The van der Waals surface area contributed by atoms with Gasteiger partial charge in [-0.15, -0.1) is 6.58 Å². The Hall–Kier alpha value is -1.10. The molecule has 1 rings (SSSR count).